The van der Waals surface area contributed by atoms with Crippen LogP contribution in [0.3, 0.4) is 0 Å². The SMILES string of the molecule is Cc1ccc(N2C(=O)NC(=O)/C(=C\c3cc(Cl)ccc3OCc3cccc(F)c3)C2=O)cc1. The summed E-state index contributed by atoms with van der Waals surface area (Å²) in [6.07, 6.45) is 1.32. The van der Waals surface area contributed by atoms with E-state index in [0.29, 0.717) is 27.6 Å². The molecule has 3 aromatic rings. The third kappa shape index (κ3) is 4.94. The van der Waals surface area contributed by atoms with Gasteiger partial charge in [-0.25, -0.2) is 14.1 Å². The molecule has 1 aliphatic heterocycles. The summed E-state index contributed by atoms with van der Waals surface area (Å²) in [6.45, 7) is 1.94. The highest BCUT2D eigenvalue weighted by Crippen LogP contribution is 2.28. The van der Waals surface area contributed by atoms with Gasteiger partial charge in [0.15, 0.2) is 0 Å². The second-order valence-corrected chi connectivity index (χ2v) is 7.83. The Bertz CT molecular complexity index is 1290. The maximum absolute atomic E-state index is 13.5. The Morgan fingerprint density at radius 1 is 1.03 bits per heavy atom. The lowest BCUT2D eigenvalue weighted by atomic mass is 10.1. The fraction of sp³-hybridized carbons (Fsp3) is 0.0800. The fourth-order valence-electron chi connectivity index (χ4n) is 3.29. The van der Waals surface area contributed by atoms with Crippen LogP contribution >= 0.6 is 11.6 Å². The van der Waals surface area contributed by atoms with Crippen molar-refractivity contribution in [2.75, 3.05) is 4.90 Å². The van der Waals surface area contributed by atoms with Crippen LogP contribution in [0.25, 0.3) is 6.08 Å². The molecule has 4 amide bonds. The van der Waals surface area contributed by atoms with Crippen molar-refractivity contribution in [1.29, 1.82) is 0 Å². The van der Waals surface area contributed by atoms with E-state index in [0.717, 1.165) is 10.5 Å². The third-order valence-electron chi connectivity index (χ3n) is 4.95. The second-order valence-electron chi connectivity index (χ2n) is 7.39. The molecule has 1 saturated heterocycles. The molecule has 1 N–H and O–H groups in total. The first-order valence-electron chi connectivity index (χ1n) is 9.97. The van der Waals surface area contributed by atoms with Gasteiger partial charge < -0.3 is 4.74 Å². The number of barbiturate groups is 1. The van der Waals surface area contributed by atoms with Gasteiger partial charge in [0.25, 0.3) is 11.8 Å². The van der Waals surface area contributed by atoms with Crippen molar-refractivity contribution in [2.45, 2.75) is 13.5 Å². The fourth-order valence-corrected chi connectivity index (χ4v) is 3.47. The highest BCUT2D eigenvalue weighted by atomic mass is 35.5. The molecular weight excluding hydrogens is 447 g/mol. The van der Waals surface area contributed by atoms with E-state index in [4.69, 9.17) is 16.3 Å². The van der Waals surface area contributed by atoms with Crippen molar-refractivity contribution in [1.82, 2.24) is 5.32 Å². The zero-order valence-electron chi connectivity index (χ0n) is 17.5. The molecular formula is C25H18ClFN2O4. The average molecular weight is 465 g/mol. The molecule has 0 aromatic heterocycles. The number of nitrogens with zero attached hydrogens (tertiary/aromatic N) is 1. The number of carbonyl (C=O) groups excluding carboxylic acids is 3. The van der Waals surface area contributed by atoms with Crippen molar-refractivity contribution in [3.05, 3.63) is 99.8 Å². The number of ether oxygens (including phenoxy) is 1. The lowest BCUT2D eigenvalue weighted by Crippen LogP contribution is -2.54. The van der Waals surface area contributed by atoms with Crippen LogP contribution in [0, 0.1) is 12.7 Å². The Hall–Kier alpha value is -3.97. The minimum atomic E-state index is -0.834. The first-order valence-corrected chi connectivity index (χ1v) is 10.3. The van der Waals surface area contributed by atoms with Crippen LogP contribution in [0.5, 0.6) is 5.75 Å². The predicted molar refractivity (Wildman–Crippen MR) is 122 cm³/mol. The molecule has 0 saturated carbocycles. The molecule has 6 nitrogen and oxygen atoms in total. The number of hydrogen-bond acceptors (Lipinski definition) is 4. The van der Waals surface area contributed by atoms with Crippen LogP contribution in [0.15, 0.2) is 72.3 Å². The van der Waals surface area contributed by atoms with E-state index in [9.17, 15) is 18.8 Å². The monoisotopic (exact) mass is 464 g/mol. The zero-order valence-corrected chi connectivity index (χ0v) is 18.2. The Kier molecular flexibility index (Phi) is 6.24. The van der Waals surface area contributed by atoms with E-state index < -0.39 is 17.8 Å². The molecule has 8 heteroatoms. The zero-order chi connectivity index (χ0) is 23.5. The van der Waals surface area contributed by atoms with Crippen molar-refractivity contribution < 1.29 is 23.5 Å². The molecule has 0 unspecified atom stereocenters. The number of hydrogen-bond donors (Lipinski definition) is 1. The summed E-state index contributed by atoms with van der Waals surface area (Å²) in [5.74, 6) is -1.66. The van der Waals surface area contributed by atoms with Crippen molar-refractivity contribution in [2.24, 2.45) is 0 Å². The Labute approximate surface area is 194 Å². The van der Waals surface area contributed by atoms with Crippen molar-refractivity contribution in [3.8, 4) is 5.75 Å². The van der Waals surface area contributed by atoms with Crippen molar-refractivity contribution in [3.63, 3.8) is 0 Å². The summed E-state index contributed by atoms with van der Waals surface area (Å²) in [4.78, 5) is 38.9. The summed E-state index contributed by atoms with van der Waals surface area (Å²) in [5, 5.41) is 2.54. The summed E-state index contributed by atoms with van der Waals surface area (Å²) in [7, 11) is 0. The number of halogens is 2. The van der Waals surface area contributed by atoms with Crippen LogP contribution in [0.4, 0.5) is 14.9 Å². The van der Waals surface area contributed by atoms with E-state index >= 15 is 0 Å². The molecule has 0 atom stereocenters. The molecule has 0 spiro atoms. The maximum Gasteiger partial charge on any atom is 0.335 e. The molecule has 1 fully saturated rings. The number of rotatable bonds is 5. The lowest BCUT2D eigenvalue weighted by Gasteiger charge is -2.26. The van der Waals surface area contributed by atoms with Crippen LogP contribution in [0.2, 0.25) is 5.02 Å². The van der Waals surface area contributed by atoms with Gasteiger partial charge in [-0.2, -0.15) is 0 Å². The van der Waals surface area contributed by atoms with Crippen LogP contribution in [0.1, 0.15) is 16.7 Å². The average Bonchev–Trinajstić information content (AvgIpc) is 2.77. The van der Waals surface area contributed by atoms with Crippen molar-refractivity contribution >= 4 is 41.2 Å². The van der Waals surface area contributed by atoms with Gasteiger partial charge in [-0.3, -0.25) is 14.9 Å². The highest BCUT2D eigenvalue weighted by Gasteiger charge is 2.37. The summed E-state index contributed by atoms with van der Waals surface area (Å²) in [5.41, 5.74) is 1.99. The van der Waals surface area contributed by atoms with Gasteiger partial charge >= 0.3 is 6.03 Å². The van der Waals surface area contributed by atoms with Crippen LogP contribution < -0.4 is 15.0 Å². The van der Waals surface area contributed by atoms with Gasteiger partial charge in [0.1, 0.15) is 23.7 Å². The minimum Gasteiger partial charge on any atom is -0.488 e. The molecule has 166 valence electrons. The van der Waals surface area contributed by atoms with Gasteiger partial charge in [0.2, 0.25) is 0 Å². The molecule has 1 heterocycles. The van der Waals surface area contributed by atoms with E-state index in [1.165, 1.54) is 24.3 Å². The number of imide groups is 2. The first-order chi connectivity index (χ1) is 15.8. The largest absolute Gasteiger partial charge is 0.488 e. The van der Waals surface area contributed by atoms with Gasteiger partial charge in [0, 0.05) is 10.6 Å². The Morgan fingerprint density at radius 2 is 1.79 bits per heavy atom. The number of anilines is 1. The molecule has 4 rings (SSSR count). The molecule has 0 radical (unpaired) electrons. The van der Waals surface area contributed by atoms with E-state index in [-0.39, 0.29) is 18.0 Å². The first kappa shape index (κ1) is 22.2. The Morgan fingerprint density at radius 3 is 2.52 bits per heavy atom. The predicted octanol–water partition coefficient (Wildman–Crippen LogP) is 5.03. The normalized spacial score (nSPS) is 15.1. The van der Waals surface area contributed by atoms with E-state index in [2.05, 4.69) is 5.32 Å². The molecule has 33 heavy (non-hydrogen) atoms. The van der Waals surface area contributed by atoms with Crippen LogP contribution in [-0.4, -0.2) is 17.8 Å². The van der Waals surface area contributed by atoms with Crippen LogP contribution in [-0.2, 0) is 16.2 Å². The minimum absolute atomic E-state index is 0.0592. The second kappa shape index (κ2) is 9.26. The molecule has 1 aliphatic rings. The number of urea groups is 1. The smallest absolute Gasteiger partial charge is 0.335 e. The number of benzene rings is 3. The summed E-state index contributed by atoms with van der Waals surface area (Å²) in [6, 6.07) is 16.6. The van der Waals surface area contributed by atoms with Gasteiger partial charge in [-0.15, -0.1) is 0 Å². The molecule has 3 aromatic carbocycles. The van der Waals surface area contributed by atoms with Gasteiger partial charge in [0.05, 0.1) is 5.69 Å². The summed E-state index contributed by atoms with van der Waals surface area (Å²) >= 11 is 6.12. The molecule has 0 bridgehead atoms. The topological polar surface area (TPSA) is 75.7 Å². The van der Waals surface area contributed by atoms with E-state index in [1.807, 2.05) is 6.92 Å². The number of nitrogens with one attached hydrogen (secondary N) is 1. The number of aryl methyl sites for hydroxylation is 1. The quantitative estimate of drug-likeness (QED) is 0.424. The number of amides is 4. The van der Waals surface area contributed by atoms with Gasteiger partial charge in [-0.05, 0) is 61.0 Å². The van der Waals surface area contributed by atoms with E-state index in [1.54, 1.807) is 48.5 Å². The Balaban J connectivity index is 1.67. The van der Waals surface area contributed by atoms with Gasteiger partial charge in [-0.1, -0.05) is 41.4 Å². The standard InChI is InChI=1S/C25H18ClFN2O4/c1-15-5-8-20(9-6-15)29-24(31)21(23(30)28-25(29)32)13-17-12-18(26)7-10-22(17)33-14-16-3-2-4-19(27)11-16/h2-13H,14H2,1H3,(H,28,30,32)/b21-13+. The highest BCUT2D eigenvalue weighted by molar-refractivity contribution is 6.39. The lowest BCUT2D eigenvalue weighted by molar-refractivity contribution is -0.122. The molecule has 0 aliphatic carbocycles. The summed E-state index contributed by atoms with van der Waals surface area (Å²) < 4.78 is 19.3. The number of carbonyl (C=O) groups is 3. The third-order valence-corrected chi connectivity index (χ3v) is 5.18. The maximum atomic E-state index is 13.5.